The lowest BCUT2D eigenvalue weighted by Crippen LogP contribution is -2.35. The topological polar surface area (TPSA) is 33.2 Å². The third-order valence-corrected chi connectivity index (χ3v) is 3.67. The van der Waals surface area contributed by atoms with Crippen LogP contribution in [0, 0.1) is 13.8 Å². The van der Waals surface area contributed by atoms with Gasteiger partial charge in [-0.05, 0) is 20.3 Å². The number of anilines is 1. The molecule has 1 saturated heterocycles. The molecular formula is C10H14N2OS. The summed E-state index contributed by atoms with van der Waals surface area (Å²) in [7, 11) is 0. The van der Waals surface area contributed by atoms with Crippen LogP contribution in [0.3, 0.4) is 0 Å². The van der Waals surface area contributed by atoms with Crippen LogP contribution in [0.25, 0.3) is 0 Å². The highest BCUT2D eigenvalue weighted by molar-refractivity contribution is 7.15. The highest BCUT2D eigenvalue weighted by atomic mass is 32.1. The molecule has 2 heterocycles. The Morgan fingerprint density at radius 3 is 2.79 bits per heavy atom. The van der Waals surface area contributed by atoms with E-state index in [2.05, 4.69) is 16.8 Å². The number of aromatic nitrogens is 1. The van der Waals surface area contributed by atoms with Gasteiger partial charge in [0.15, 0.2) is 10.9 Å². The van der Waals surface area contributed by atoms with Gasteiger partial charge in [0, 0.05) is 17.8 Å². The van der Waals surface area contributed by atoms with Crippen LogP contribution in [-0.4, -0.2) is 23.9 Å². The Morgan fingerprint density at radius 2 is 2.21 bits per heavy atom. The second kappa shape index (κ2) is 3.69. The monoisotopic (exact) mass is 210 g/mol. The smallest absolute Gasteiger partial charge is 0.186 e. The van der Waals surface area contributed by atoms with Crippen molar-refractivity contribution in [1.82, 2.24) is 4.98 Å². The van der Waals surface area contributed by atoms with Gasteiger partial charge in [0.05, 0.1) is 12.2 Å². The molecule has 0 atom stereocenters. The molecule has 1 aromatic rings. The molecule has 4 heteroatoms. The Labute approximate surface area is 87.8 Å². The Balaban J connectivity index is 2.17. The van der Waals surface area contributed by atoms with Gasteiger partial charge in [0.2, 0.25) is 0 Å². The van der Waals surface area contributed by atoms with E-state index in [1.165, 1.54) is 4.88 Å². The highest BCUT2D eigenvalue weighted by Crippen LogP contribution is 2.26. The van der Waals surface area contributed by atoms with Crippen molar-refractivity contribution in [2.75, 3.05) is 18.0 Å². The van der Waals surface area contributed by atoms with Crippen molar-refractivity contribution < 1.29 is 4.79 Å². The largest absolute Gasteiger partial charge is 0.341 e. The van der Waals surface area contributed by atoms with Crippen LogP contribution in [-0.2, 0) is 4.79 Å². The van der Waals surface area contributed by atoms with Crippen LogP contribution in [0.4, 0.5) is 5.13 Å². The lowest BCUT2D eigenvalue weighted by atomic mass is 10.1. The molecular weight excluding hydrogens is 196 g/mol. The van der Waals surface area contributed by atoms with Crippen molar-refractivity contribution in [2.24, 2.45) is 0 Å². The Bertz CT molecular complexity index is 340. The van der Waals surface area contributed by atoms with Gasteiger partial charge < -0.3 is 4.90 Å². The molecule has 0 unspecified atom stereocenters. The molecule has 0 saturated carbocycles. The van der Waals surface area contributed by atoms with E-state index in [4.69, 9.17) is 0 Å². The molecule has 0 aliphatic carbocycles. The van der Waals surface area contributed by atoms with E-state index in [9.17, 15) is 4.79 Å². The first-order valence-corrected chi connectivity index (χ1v) is 5.69. The number of aryl methyl sites for hydroxylation is 2. The van der Waals surface area contributed by atoms with Gasteiger partial charge in [0.25, 0.3) is 0 Å². The van der Waals surface area contributed by atoms with Crippen LogP contribution in [0.1, 0.15) is 23.4 Å². The van der Waals surface area contributed by atoms with Crippen molar-refractivity contribution in [1.29, 1.82) is 0 Å². The van der Waals surface area contributed by atoms with Crippen molar-refractivity contribution in [3.63, 3.8) is 0 Å². The van der Waals surface area contributed by atoms with E-state index in [1.54, 1.807) is 11.3 Å². The molecule has 0 aromatic carbocycles. The van der Waals surface area contributed by atoms with Crippen molar-refractivity contribution >= 4 is 22.3 Å². The first kappa shape index (κ1) is 9.65. The van der Waals surface area contributed by atoms with Crippen LogP contribution in [0.5, 0.6) is 0 Å². The lowest BCUT2D eigenvalue weighted by Gasteiger charge is -2.24. The SMILES string of the molecule is Cc1nc(N2CCCC(=O)C2)sc1C. The van der Waals surface area contributed by atoms with Crippen LogP contribution in [0.15, 0.2) is 0 Å². The highest BCUT2D eigenvalue weighted by Gasteiger charge is 2.19. The van der Waals surface area contributed by atoms with Gasteiger partial charge in [-0.1, -0.05) is 0 Å². The number of ketones is 1. The normalized spacial score (nSPS) is 17.6. The van der Waals surface area contributed by atoms with Crippen LogP contribution >= 0.6 is 11.3 Å². The zero-order valence-corrected chi connectivity index (χ0v) is 9.36. The average Bonchev–Trinajstić information content (AvgIpc) is 2.47. The number of hydrogen-bond donors (Lipinski definition) is 0. The predicted octanol–water partition coefficient (Wildman–Crippen LogP) is 1.93. The number of carbonyl (C=O) groups is 1. The molecule has 1 aliphatic rings. The Kier molecular flexibility index (Phi) is 2.54. The summed E-state index contributed by atoms with van der Waals surface area (Å²) in [6, 6.07) is 0. The number of carbonyl (C=O) groups excluding carboxylic acids is 1. The molecule has 1 aliphatic heterocycles. The summed E-state index contributed by atoms with van der Waals surface area (Å²) in [5.74, 6) is 0.335. The van der Waals surface area contributed by atoms with E-state index in [1.807, 2.05) is 6.92 Å². The molecule has 1 aromatic heterocycles. The maximum Gasteiger partial charge on any atom is 0.186 e. The standard InChI is InChI=1S/C10H14N2OS/c1-7-8(2)14-10(11-7)12-5-3-4-9(13)6-12/h3-6H2,1-2H3. The molecule has 0 amide bonds. The summed E-state index contributed by atoms with van der Waals surface area (Å²) in [6.07, 6.45) is 1.70. The molecule has 3 nitrogen and oxygen atoms in total. The maximum atomic E-state index is 11.3. The van der Waals surface area contributed by atoms with E-state index < -0.39 is 0 Å². The summed E-state index contributed by atoms with van der Waals surface area (Å²) in [5.41, 5.74) is 1.09. The number of hydrogen-bond acceptors (Lipinski definition) is 4. The fourth-order valence-corrected chi connectivity index (χ4v) is 2.53. The summed E-state index contributed by atoms with van der Waals surface area (Å²) in [4.78, 5) is 19.1. The van der Waals surface area contributed by atoms with Crippen molar-refractivity contribution in [3.05, 3.63) is 10.6 Å². The van der Waals surface area contributed by atoms with E-state index in [-0.39, 0.29) is 0 Å². The maximum absolute atomic E-state index is 11.3. The summed E-state index contributed by atoms with van der Waals surface area (Å²) < 4.78 is 0. The van der Waals surface area contributed by atoms with Gasteiger partial charge in [-0.15, -0.1) is 11.3 Å². The van der Waals surface area contributed by atoms with Gasteiger partial charge >= 0.3 is 0 Å². The lowest BCUT2D eigenvalue weighted by molar-refractivity contribution is -0.118. The number of nitrogens with zero attached hydrogens (tertiary/aromatic N) is 2. The average molecular weight is 210 g/mol. The summed E-state index contributed by atoms with van der Waals surface area (Å²) in [6.45, 7) is 5.61. The Morgan fingerprint density at radius 1 is 1.43 bits per heavy atom. The fraction of sp³-hybridized carbons (Fsp3) is 0.600. The number of piperidine rings is 1. The molecule has 0 radical (unpaired) electrons. The molecule has 0 bridgehead atoms. The van der Waals surface area contributed by atoms with Crippen LogP contribution in [0.2, 0.25) is 0 Å². The quantitative estimate of drug-likeness (QED) is 0.710. The molecule has 0 N–H and O–H groups in total. The zero-order chi connectivity index (χ0) is 10.1. The fourth-order valence-electron chi connectivity index (χ4n) is 1.59. The first-order chi connectivity index (χ1) is 6.66. The molecule has 0 spiro atoms. The third kappa shape index (κ3) is 1.80. The van der Waals surface area contributed by atoms with Gasteiger partial charge in [-0.3, -0.25) is 4.79 Å². The van der Waals surface area contributed by atoms with Crippen LogP contribution < -0.4 is 4.90 Å². The van der Waals surface area contributed by atoms with E-state index >= 15 is 0 Å². The minimum Gasteiger partial charge on any atom is -0.341 e. The van der Waals surface area contributed by atoms with E-state index in [0.29, 0.717) is 12.3 Å². The third-order valence-electron chi connectivity index (χ3n) is 2.54. The van der Waals surface area contributed by atoms with Crippen molar-refractivity contribution in [3.8, 4) is 0 Å². The number of Topliss-reactive ketones (excluding diaryl/α,β-unsaturated/α-hetero) is 1. The second-order valence-corrected chi connectivity index (χ2v) is 4.88. The zero-order valence-electron chi connectivity index (χ0n) is 8.54. The number of rotatable bonds is 1. The summed E-state index contributed by atoms with van der Waals surface area (Å²) in [5, 5.41) is 1.01. The Hall–Kier alpha value is -0.900. The molecule has 76 valence electrons. The molecule has 1 fully saturated rings. The van der Waals surface area contributed by atoms with Gasteiger partial charge in [-0.25, -0.2) is 4.98 Å². The van der Waals surface area contributed by atoms with Gasteiger partial charge in [-0.2, -0.15) is 0 Å². The minimum absolute atomic E-state index is 0.335. The molecule has 14 heavy (non-hydrogen) atoms. The molecule has 2 rings (SSSR count). The van der Waals surface area contributed by atoms with Gasteiger partial charge in [0.1, 0.15) is 0 Å². The number of thiazole rings is 1. The summed E-state index contributed by atoms with van der Waals surface area (Å²) >= 11 is 1.69. The second-order valence-electron chi connectivity index (χ2n) is 3.70. The predicted molar refractivity (Wildman–Crippen MR) is 58.0 cm³/mol. The van der Waals surface area contributed by atoms with E-state index in [0.717, 1.165) is 30.2 Å². The van der Waals surface area contributed by atoms with Crippen molar-refractivity contribution in [2.45, 2.75) is 26.7 Å². The first-order valence-electron chi connectivity index (χ1n) is 4.87. The minimum atomic E-state index is 0.335.